The standard InChI is InChI=1S/C12H14O2/c1-10(13)12(7-8-14-9-12)11-5-3-2-4-6-11/h2-6H,7-9H2,1H3/t12-/m0/s1. The highest BCUT2D eigenvalue weighted by molar-refractivity contribution is 5.88. The molecular formula is C12H14O2. The van der Waals surface area contributed by atoms with Crippen molar-refractivity contribution in [2.24, 2.45) is 0 Å². The van der Waals surface area contributed by atoms with Gasteiger partial charge in [-0.3, -0.25) is 4.79 Å². The molecule has 1 saturated heterocycles. The molecule has 2 nitrogen and oxygen atoms in total. The van der Waals surface area contributed by atoms with Gasteiger partial charge in [0.2, 0.25) is 0 Å². The Labute approximate surface area is 83.9 Å². The molecule has 0 aliphatic carbocycles. The number of ketones is 1. The van der Waals surface area contributed by atoms with Crippen LogP contribution in [-0.4, -0.2) is 19.0 Å². The van der Waals surface area contributed by atoms with Crippen molar-refractivity contribution in [3.05, 3.63) is 35.9 Å². The number of rotatable bonds is 2. The highest BCUT2D eigenvalue weighted by atomic mass is 16.5. The Morgan fingerprint density at radius 1 is 1.36 bits per heavy atom. The van der Waals surface area contributed by atoms with Crippen LogP contribution < -0.4 is 0 Å². The van der Waals surface area contributed by atoms with Gasteiger partial charge >= 0.3 is 0 Å². The average molecular weight is 190 g/mol. The molecule has 1 aliphatic rings. The second-order valence-corrected chi connectivity index (χ2v) is 3.81. The Morgan fingerprint density at radius 2 is 2.07 bits per heavy atom. The molecule has 0 bridgehead atoms. The first kappa shape index (κ1) is 9.41. The predicted molar refractivity (Wildman–Crippen MR) is 54.2 cm³/mol. The second kappa shape index (κ2) is 3.54. The maximum atomic E-state index is 11.7. The van der Waals surface area contributed by atoms with Gasteiger partial charge in [0.25, 0.3) is 0 Å². The van der Waals surface area contributed by atoms with E-state index in [0.717, 1.165) is 12.0 Å². The minimum atomic E-state index is -0.374. The number of hydrogen-bond acceptors (Lipinski definition) is 2. The maximum absolute atomic E-state index is 11.7. The molecule has 1 aromatic rings. The lowest BCUT2D eigenvalue weighted by molar-refractivity contribution is -0.122. The van der Waals surface area contributed by atoms with E-state index in [0.29, 0.717) is 13.2 Å². The van der Waals surface area contributed by atoms with Gasteiger partial charge in [0.05, 0.1) is 12.0 Å². The second-order valence-electron chi connectivity index (χ2n) is 3.81. The van der Waals surface area contributed by atoms with E-state index in [4.69, 9.17) is 4.74 Å². The van der Waals surface area contributed by atoms with Gasteiger partial charge in [0.15, 0.2) is 0 Å². The zero-order chi connectivity index (χ0) is 10.0. The fourth-order valence-electron chi connectivity index (χ4n) is 2.03. The third-order valence-corrected chi connectivity index (χ3v) is 3.02. The molecule has 0 amide bonds. The van der Waals surface area contributed by atoms with Crippen LogP contribution in [-0.2, 0) is 14.9 Å². The number of carbonyl (C=O) groups excluding carboxylic acids is 1. The summed E-state index contributed by atoms with van der Waals surface area (Å²) in [5.74, 6) is 0.209. The van der Waals surface area contributed by atoms with Gasteiger partial charge in [-0.15, -0.1) is 0 Å². The molecule has 0 saturated carbocycles. The van der Waals surface area contributed by atoms with E-state index < -0.39 is 0 Å². The Morgan fingerprint density at radius 3 is 2.57 bits per heavy atom. The molecule has 1 heterocycles. The monoisotopic (exact) mass is 190 g/mol. The van der Waals surface area contributed by atoms with E-state index in [9.17, 15) is 4.79 Å². The minimum absolute atomic E-state index is 0.209. The predicted octanol–water partition coefficient (Wildman–Crippen LogP) is 1.93. The molecule has 0 N–H and O–H groups in total. The third-order valence-electron chi connectivity index (χ3n) is 3.02. The van der Waals surface area contributed by atoms with Crippen LogP contribution >= 0.6 is 0 Å². The molecule has 0 spiro atoms. The van der Waals surface area contributed by atoms with Gasteiger partial charge in [0, 0.05) is 6.61 Å². The molecular weight excluding hydrogens is 176 g/mol. The van der Waals surface area contributed by atoms with Gasteiger partial charge < -0.3 is 4.74 Å². The van der Waals surface area contributed by atoms with E-state index in [1.165, 1.54) is 0 Å². The van der Waals surface area contributed by atoms with E-state index in [1.807, 2.05) is 30.3 Å². The van der Waals surface area contributed by atoms with Crippen molar-refractivity contribution in [2.45, 2.75) is 18.8 Å². The highest BCUT2D eigenvalue weighted by Gasteiger charge is 2.40. The summed E-state index contributed by atoms with van der Waals surface area (Å²) in [4.78, 5) is 11.7. The van der Waals surface area contributed by atoms with E-state index in [2.05, 4.69) is 0 Å². The third kappa shape index (κ3) is 1.36. The molecule has 14 heavy (non-hydrogen) atoms. The average Bonchev–Trinajstić information content (AvgIpc) is 2.69. The molecule has 1 aliphatic heterocycles. The van der Waals surface area contributed by atoms with Gasteiger partial charge in [-0.25, -0.2) is 0 Å². The van der Waals surface area contributed by atoms with E-state index >= 15 is 0 Å². The van der Waals surface area contributed by atoms with Crippen molar-refractivity contribution < 1.29 is 9.53 Å². The van der Waals surface area contributed by atoms with Crippen LogP contribution in [0.15, 0.2) is 30.3 Å². The Bertz CT molecular complexity index is 323. The summed E-state index contributed by atoms with van der Waals surface area (Å²) in [6, 6.07) is 9.93. The van der Waals surface area contributed by atoms with E-state index in [1.54, 1.807) is 6.92 Å². The fourth-order valence-corrected chi connectivity index (χ4v) is 2.03. The summed E-state index contributed by atoms with van der Waals surface area (Å²) >= 11 is 0. The van der Waals surface area contributed by atoms with Crippen molar-refractivity contribution in [3.63, 3.8) is 0 Å². The normalized spacial score (nSPS) is 26.4. The summed E-state index contributed by atoms with van der Waals surface area (Å²) in [7, 11) is 0. The molecule has 1 fully saturated rings. The van der Waals surface area contributed by atoms with Crippen LogP contribution in [0.4, 0.5) is 0 Å². The van der Waals surface area contributed by atoms with Gasteiger partial charge in [0.1, 0.15) is 5.78 Å². The SMILES string of the molecule is CC(=O)[C@]1(c2ccccc2)CCOC1. The first-order valence-electron chi connectivity index (χ1n) is 4.90. The van der Waals surface area contributed by atoms with Crippen LogP contribution in [0.3, 0.4) is 0 Å². The Balaban J connectivity index is 2.42. The molecule has 2 heteroatoms. The summed E-state index contributed by atoms with van der Waals surface area (Å²) in [5.41, 5.74) is 0.714. The van der Waals surface area contributed by atoms with Crippen LogP contribution in [0, 0.1) is 0 Å². The molecule has 0 unspecified atom stereocenters. The molecule has 0 radical (unpaired) electrons. The van der Waals surface area contributed by atoms with Crippen molar-refractivity contribution >= 4 is 5.78 Å². The number of benzene rings is 1. The van der Waals surface area contributed by atoms with Crippen LogP contribution in [0.5, 0.6) is 0 Å². The summed E-state index contributed by atoms with van der Waals surface area (Å²) in [6.07, 6.45) is 0.812. The topological polar surface area (TPSA) is 26.3 Å². The van der Waals surface area contributed by atoms with Crippen molar-refractivity contribution in [1.29, 1.82) is 0 Å². The van der Waals surface area contributed by atoms with Crippen LogP contribution in [0.2, 0.25) is 0 Å². The first-order valence-corrected chi connectivity index (χ1v) is 4.90. The Hall–Kier alpha value is -1.15. The zero-order valence-electron chi connectivity index (χ0n) is 8.32. The van der Waals surface area contributed by atoms with Gasteiger partial charge in [-0.2, -0.15) is 0 Å². The van der Waals surface area contributed by atoms with Crippen molar-refractivity contribution in [3.8, 4) is 0 Å². The fraction of sp³-hybridized carbons (Fsp3) is 0.417. The van der Waals surface area contributed by atoms with Crippen LogP contribution in [0.25, 0.3) is 0 Å². The van der Waals surface area contributed by atoms with Crippen LogP contribution in [0.1, 0.15) is 18.9 Å². The number of Topliss-reactive ketones (excluding diaryl/α,β-unsaturated/α-hetero) is 1. The number of ether oxygens (including phenoxy) is 1. The lowest BCUT2D eigenvalue weighted by Gasteiger charge is -2.24. The highest BCUT2D eigenvalue weighted by Crippen LogP contribution is 2.33. The largest absolute Gasteiger partial charge is 0.380 e. The Kier molecular flexibility index (Phi) is 2.38. The molecule has 1 atom stereocenters. The van der Waals surface area contributed by atoms with E-state index in [-0.39, 0.29) is 11.2 Å². The minimum Gasteiger partial charge on any atom is -0.380 e. The zero-order valence-corrected chi connectivity index (χ0v) is 8.32. The van der Waals surface area contributed by atoms with Crippen molar-refractivity contribution in [2.75, 3.05) is 13.2 Å². The summed E-state index contributed by atoms with van der Waals surface area (Å²) < 4.78 is 5.36. The van der Waals surface area contributed by atoms with Gasteiger partial charge in [-0.05, 0) is 18.9 Å². The lowest BCUT2D eigenvalue weighted by Crippen LogP contribution is -2.34. The lowest BCUT2D eigenvalue weighted by atomic mass is 9.77. The summed E-state index contributed by atoms with van der Waals surface area (Å²) in [5, 5.41) is 0. The van der Waals surface area contributed by atoms with Crippen molar-refractivity contribution in [1.82, 2.24) is 0 Å². The molecule has 1 aromatic carbocycles. The van der Waals surface area contributed by atoms with Gasteiger partial charge in [-0.1, -0.05) is 30.3 Å². The molecule has 74 valence electrons. The first-order chi connectivity index (χ1) is 6.76. The number of hydrogen-bond donors (Lipinski definition) is 0. The maximum Gasteiger partial charge on any atom is 0.142 e. The quantitative estimate of drug-likeness (QED) is 0.712. The number of carbonyl (C=O) groups is 1. The summed E-state index contributed by atoms with van der Waals surface area (Å²) in [6.45, 7) is 2.88. The molecule has 0 aromatic heterocycles. The molecule has 2 rings (SSSR count). The smallest absolute Gasteiger partial charge is 0.142 e.